The van der Waals surface area contributed by atoms with E-state index < -0.39 is 12.0 Å². The number of amides is 2. The molecule has 0 aromatic carbocycles. The first kappa shape index (κ1) is 13.8. The lowest BCUT2D eigenvalue weighted by atomic mass is 10.2. The van der Waals surface area contributed by atoms with Crippen LogP contribution >= 0.6 is 0 Å². The van der Waals surface area contributed by atoms with E-state index in [1.165, 1.54) is 0 Å². The van der Waals surface area contributed by atoms with Gasteiger partial charge in [0.15, 0.2) is 0 Å². The Bertz CT molecular complexity index is 283. The third-order valence-electron chi connectivity index (χ3n) is 2.89. The third-order valence-corrected chi connectivity index (χ3v) is 2.89. The molecule has 1 fully saturated rings. The second-order valence-electron chi connectivity index (χ2n) is 4.10. The summed E-state index contributed by atoms with van der Waals surface area (Å²) in [5.74, 6) is -0.999. The van der Waals surface area contributed by atoms with Crippen molar-refractivity contribution >= 4 is 12.0 Å². The summed E-state index contributed by atoms with van der Waals surface area (Å²) < 4.78 is 5.45. The number of morpholine rings is 1. The molecule has 17 heavy (non-hydrogen) atoms. The molecule has 1 saturated heterocycles. The van der Waals surface area contributed by atoms with E-state index >= 15 is 0 Å². The lowest BCUT2D eigenvalue weighted by molar-refractivity contribution is -0.139. The topological polar surface area (TPSA) is 78.9 Å². The molecule has 0 aromatic heterocycles. The van der Waals surface area contributed by atoms with Crippen molar-refractivity contribution in [2.75, 3.05) is 19.7 Å². The molecule has 0 bridgehead atoms. The molecule has 2 atom stereocenters. The second-order valence-corrected chi connectivity index (χ2v) is 4.10. The molecule has 2 unspecified atom stereocenters. The van der Waals surface area contributed by atoms with Crippen LogP contribution in [0.2, 0.25) is 0 Å². The standard InChI is InChI=1S/C11H20N2O4/c1-3-8-7-13(5-6-17-8)11(16)12-9(4-2)10(14)15/h8-9H,3-7H2,1-2H3,(H,12,16)(H,14,15). The Kier molecular flexibility index (Phi) is 5.21. The van der Waals surface area contributed by atoms with Gasteiger partial charge in [-0.3, -0.25) is 0 Å². The van der Waals surface area contributed by atoms with E-state index in [0.717, 1.165) is 6.42 Å². The molecule has 1 rings (SSSR count). The van der Waals surface area contributed by atoms with Crippen molar-refractivity contribution in [3.63, 3.8) is 0 Å². The van der Waals surface area contributed by atoms with E-state index in [9.17, 15) is 9.59 Å². The summed E-state index contributed by atoms with van der Waals surface area (Å²) in [6, 6.07) is -1.13. The molecule has 6 heteroatoms. The molecule has 0 aliphatic carbocycles. The molecule has 0 radical (unpaired) electrons. The van der Waals surface area contributed by atoms with Gasteiger partial charge in [-0.2, -0.15) is 0 Å². The van der Waals surface area contributed by atoms with Crippen LogP contribution in [0.25, 0.3) is 0 Å². The maximum absolute atomic E-state index is 11.8. The Morgan fingerprint density at radius 3 is 2.76 bits per heavy atom. The molecule has 98 valence electrons. The lowest BCUT2D eigenvalue weighted by Crippen LogP contribution is -2.53. The summed E-state index contributed by atoms with van der Waals surface area (Å²) >= 11 is 0. The van der Waals surface area contributed by atoms with Crippen molar-refractivity contribution in [3.05, 3.63) is 0 Å². The van der Waals surface area contributed by atoms with Gasteiger partial charge in [-0.05, 0) is 12.8 Å². The number of hydrogen-bond donors (Lipinski definition) is 2. The van der Waals surface area contributed by atoms with Crippen molar-refractivity contribution in [2.45, 2.75) is 38.8 Å². The van der Waals surface area contributed by atoms with Crippen molar-refractivity contribution in [1.29, 1.82) is 0 Å². The van der Waals surface area contributed by atoms with Crippen molar-refractivity contribution in [1.82, 2.24) is 10.2 Å². The number of nitrogens with zero attached hydrogens (tertiary/aromatic N) is 1. The largest absolute Gasteiger partial charge is 0.480 e. The monoisotopic (exact) mass is 244 g/mol. The number of aliphatic carboxylic acids is 1. The minimum atomic E-state index is -0.999. The van der Waals surface area contributed by atoms with Crippen LogP contribution in [0.15, 0.2) is 0 Å². The Morgan fingerprint density at radius 1 is 1.53 bits per heavy atom. The SMILES string of the molecule is CCC1CN(C(=O)NC(CC)C(=O)O)CCO1. The van der Waals surface area contributed by atoms with Gasteiger partial charge in [0.25, 0.3) is 0 Å². The van der Waals surface area contributed by atoms with E-state index in [1.54, 1.807) is 11.8 Å². The zero-order valence-corrected chi connectivity index (χ0v) is 10.3. The highest BCUT2D eigenvalue weighted by molar-refractivity contribution is 5.82. The second kappa shape index (κ2) is 6.44. The zero-order valence-electron chi connectivity index (χ0n) is 10.3. The van der Waals surface area contributed by atoms with Crippen LogP contribution in [0.5, 0.6) is 0 Å². The molecule has 6 nitrogen and oxygen atoms in total. The fourth-order valence-electron chi connectivity index (χ4n) is 1.73. The van der Waals surface area contributed by atoms with E-state index in [4.69, 9.17) is 9.84 Å². The number of hydrogen-bond acceptors (Lipinski definition) is 3. The maximum atomic E-state index is 11.8. The molecular formula is C11H20N2O4. The molecule has 2 amide bonds. The summed E-state index contributed by atoms with van der Waals surface area (Å²) in [5.41, 5.74) is 0. The smallest absolute Gasteiger partial charge is 0.326 e. The van der Waals surface area contributed by atoms with Gasteiger partial charge in [0.2, 0.25) is 0 Å². The summed E-state index contributed by atoms with van der Waals surface area (Å²) in [6.07, 6.45) is 1.28. The van der Waals surface area contributed by atoms with E-state index in [0.29, 0.717) is 26.1 Å². The van der Waals surface area contributed by atoms with Crippen LogP contribution in [-0.4, -0.2) is 53.8 Å². The van der Waals surface area contributed by atoms with E-state index in [-0.39, 0.29) is 12.1 Å². The normalized spacial score (nSPS) is 22.0. The number of nitrogens with one attached hydrogen (secondary N) is 1. The maximum Gasteiger partial charge on any atom is 0.326 e. The molecule has 0 aromatic rings. The van der Waals surface area contributed by atoms with Gasteiger partial charge in [0.05, 0.1) is 12.7 Å². The molecule has 1 aliphatic heterocycles. The van der Waals surface area contributed by atoms with Gasteiger partial charge < -0.3 is 20.1 Å². The van der Waals surface area contributed by atoms with E-state index in [2.05, 4.69) is 5.32 Å². The summed E-state index contributed by atoms with van der Waals surface area (Å²) in [4.78, 5) is 24.3. The summed E-state index contributed by atoms with van der Waals surface area (Å²) in [7, 11) is 0. The van der Waals surface area contributed by atoms with Gasteiger partial charge in [0, 0.05) is 13.1 Å². The van der Waals surface area contributed by atoms with Crippen LogP contribution in [0.1, 0.15) is 26.7 Å². The average Bonchev–Trinajstić information content (AvgIpc) is 2.35. The highest BCUT2D eigenvalue weighted by Crippen LogP contribution is 2.08. The Morgan fingerprint density at radius 2 is 2.24 bits per heavy atom. The van der Waals surface area contributed by atoms with Gasteiger partial charge >= 0.3 is 12.0 Å². The number of carboxylic acid groups (broad SMARTS) is 1. The van der Waals surface area contributed by atoms with Gasteiger partial charge in [-0.1, -0.05) is 13.8 Å². The minimum Gasteiger partial charge on any atom is -0.480 e. The van der Waals surface area contributed by atoms with Gasteiger partial charge in [-0.15, -0.1) is 0 Å². The Labute approximate surface area is 101 Å². The molecular weight excluding hydrogens is 224 g/mol. The summed E-state index contributed by atoms with van der Waals surface area (Å²) in [6.45, 7) is 5.28. The predicted molar refractivity (Wildman–Crippen MR) is 61.9 cm³/mol. The van der Waals surface area contributed by atoms with Crippen LogP contribution in [0.4, 0.5) is 4.79 Å². The Hall–Kier alpha value is -1.30. The fraction of sp³-hybridized carbons (Fsp3) is 0.818. The third kappa shape index (κ3) is 3.89. The number of carbonyl (C=O) groups is 2. The Balaban J connectivity index is 2.48. The predicted octanol–water partition coefficient (Wildman–Crippen LogP) is 0.670. The average molecular weight is 244 g/mol. The van der Waals surface area contributed by atoms with Crippen LogP contribution in [0, 0.1) is 0 Å². The van der Waals surface area contributed by atoms with Crippen LogP contribution < -0.4 is 5.32 Å². The fourth-order valence-corrected chi connectivity index (χ4v) is 1.73. The quantitative estimate of drug-likeness (QED) is 0.762. The highest BCUT2D eigenvalue weighted by atomic mass is 16.5. The summed E-state index contributed by atoms with van der Waals surface area (Å²) in [5, 5.41) is 11.4. The first-order chi connectivity index (χ1) is 8.08. The number of carboxylic acids is 1. The number of ether oxygens (including phenoxy) is 1. The van der Waals surface area contributed by atoms with Crippen molar-refractivity contribution in [3.8, 4) is 0 Å². The van der Waals surface area contributed by atoms with Gasteiger partial charge in [0.1, 0.15) is 6.04 Å². The van der Waals surface area contributed by atoms with E-state index in [1.807, 2.05) is 6.92 Å². The molecule has 2 N–H and O–H groups in total. The zero-order chi connectivity index (χ0) is 12.8. The van der Waals surface area contributed by atoms with Crippen molar-refractivity contribution < 1.29 is 19.4 Å². The number of carbonyl (C=O) groups excluding carboxylic acids is 1. The molecule has 1 aliphatic rings. The molecule has 0 spiro atoms. The van der Waals surface area contributed by atoms with Gasteiger partial charge in [-0.25, -0.2) is 9.59 Å². The van der Waals surface area contributed by atoms with Crippen LogP contribution in [0.3, 0.4) is 0 Å². The van der Waals surface area contributed by atoms with Crippen molar-refractivity contribution in [2.24, 2.45) is 0 Å². The minimum absolute atomic E-state index is 0.0550. The lowest BCUT2D eigenvalue weighted by Gasteiger charge is -2.33. The van der Waals surface area contributed by atoms with Crippen LogP contribution in [-0.2, 0) is 9.53 Å². The molecule has 0 saturated carbocycles. The number of urea groups is 1. The molecule has 1 heterocycles. The highest BCUT2D eigenvalue weighted by Gasteiger charge is 2.26. The first-order valence-electron chi connectivity index (χ1n) is 5.98. The first-order valence-corrected chi connectivity index (χ1v) is 5.98. The number of rotatable bonds is 4.